The van der Waals surface area contributed by atoms with Crippen LogP contribution in [-0.2, 0) is 19.1 Å². The Morgan fingerprint density at radius 3 is 2.47 bits per heavy atom. The maximum Gasteiger partial charge on any atom is 0.303 e. The predicted molar refractivity (Wildman–Crippen MR) is 68.9 cm³/mol. The molecule has 6 heteroatoms. The van der Waals surface area contributed by atoms with Crippen LogP contribution in [0.15, 0.2) is 0 Å². The van der Waals surface area contributed by atoms with Gasteiger partial charge >= 0.3 is 5.97 Å². The third-order valence-corrected chi connectivity index (χ3v) is 3.13. The molecule has 19 heavy (non-hydrogen) atoms. The van der Waals surface area contributed by atoms with Crippen molar-refractivity contribution in [1.82, 2.24) is 4.90 Å². The van der Waals surface area contributed by atoms with Gasteiger partial charge in [0.15, 0.2) is 0 Å². The van der Waals surface area contributed by atoms with Crippen molar-refractivity contribution in [3.63, 3.8) is 0 Å². The average molecular weight is 273 g/mol. The summed E-state index contributed by atoms with van der Waals surface area (Å²) in [6.45, 7) is 5.14. The zero-order chi connectivity index (χ0) is 14.1. The molecular weight excluding hydrogens is 250 g/mol. The third-order valence-electron chi connectivity index (χ3n) is 3.13. The van der Waals surface area contributed by atoms with Gasteiger partial charge < -0.3 is 19.5 Å². The molecule has 110 valence electrons. The molecule has 0 aromatic carbocycles. The number of ether oxygens (including phenoxy) is 2. The first-order chi connectivity index (χ1) is 9.13. The fraction of sp³-hybridized carbons (Fsp3) is 0.846. The molecule has 1 fully saturated rings. The second kappa shape index (κ2) is 8.87. The Morgan fingerprint density at radius 1 is 1.21 bits per heavy atom. The number of piperidine rings is 1. The molecule has 1 heterocycles. The quantitative estimate of drug-likeness (QED) is 0.665. The fourth-order valence-electron chi connectivity index (χ4n) is 2.06. The van der Waals surface area contributed by atoms with Crippen molar-refractivity contribution in [1.29, 1.82) is 0 Å². The van der Waals surface area contributed by atoms with Crippen LogP contribution in [0, 0.1) is 0 Å². The highest BCUT2D eigenvalue weighted by Gasteiger charge is 2.23. The topological polar surface area (TPSA) is 76.1 Å². The summed E-state index contributed by atoms with van der Waals surface area (Å²) >= 11 is 0. The first kappa shape index (κ1) is 15.9. The normalized spacial score (nSPS) is 16.6. The summed E-state index contributed by atoms with van der Waals surface area (Å²) < 4.78 is 10.8. The number of hydrogen-bond donors (Lipinski definition) is 1. The Hall–Kier alpha value is -1.14. The Labute approximate surface area is 113 Å². The molecule has 6 nitrogen and oxygen atoms in total. The van der Waals surface area contributed by atoms with Crippen LogP contribution in [0.2, 0.25) is 0 Å². The van der Waals surface area contributed by atoms with E-state index in [4.69, 9.17) is 14.6 Å². The van der Waals surface area contributed by atoms with E-state index in [2.05, 4.69) is 0 Å². The van der Waals surface area contributed by atoms with Gasteiger partial charge in [-0.05, 0) is 19.8 Å². The van der Waals surface area contributed by atoms with Gasteiger partial charge in [-0.15, -0.1) is 0 Å². The number of aliphatic carboxylic acids is 1. The molecule has 0 bridgehead atoms. The predicted octanol–water partition coefficient (Wildman–Crippen LogP) is 0.895. The minimum absolute atomic E-state index is 0.0739. The molecule has 0 atom stereocenters. The first-order valence-corrected chi connectivity index (χ1v) is 6.82. The molecule has 0 unspecified atom stereocenters. The summed E-state index contributed by atoms with van der Waals surface area (Å²) in [5.41, 5.74) is 0. The summed E-state index contributed by atoms with van der Waals surface area (Å²) in [4.78, 5) is 23.8. The van der Waals surface area contributed by atoms with Gasteiger partial charge in [-0.25, -0.2) is 0 Å². The van der Waals surface area contributed by atoms with Gasteiger partial charge in [0.1, 0.15) is 0 Å². The SMILES string of the molecule is CCOCCOC1CCN(C(=O)CCC(=O)O)CC1. The van der Waals surface area contributed by atoms with Crippen molar-refractivity contribution in [2.24, 2.45) is 0 Å². The van der Waals surface area contributed by atoms with E-state index in [0.717, 1.165) is 12.8 Å². The minimum Gasteiger partial charge on any atom is -0.481 e. The molecule has 0 radical (unpaired) electrons. The summed E-state index contributed by atoms with van der Waals surface area (Å²) in [6.07, 6.45) is 1.80. The van der Waals surface area contributed by atoms with Crippen molar-refractivity contribution < 1.29 is 24.2 Å². The molecule has 1 saturated heterocycles. The molecule has 1 N–H and O–H groups in total. The van der Waals surface area contributed by atoms with Crippen molar-refractivity contribution in [3.05, 3.63) is 0 Å². The monoisotopic (exact) mass is 273 g/mol. The van der Waals surface area contributed by atoms with E-state index < -0.39 is 5.97 Å². The number of nitrogens with zero attached hydrogens (tertiary/aromatic N) is 1. The average Bonchev–Trinajstić information content (AvgIpc) is 2.41. The van der Waals surface area contributed by atoms with E-state index >= 15 is 0 Å². The zero-order valence-corrected chi connectivity index (χ0v) is 11.5. The lowest BCUT2D eigenvalue weighted by atomic mass is 10.1. The second-order valence-electron chi connectivity index (χ2n) is 4.54. The van der Waals surface area contributed by atoms with E-state index in [-0.39, 0.29) is 24.9 Å². The summed E-state index contributed by atoms with van der Waals surface area (Å²) in [5.74, 6) is -1.00. The summed E-state index contributed by atoms with van der Waals surface area (Å²) in [7, 11) is 0. The van der Waals surface area contributed by atoms with Crippen LogP contribution in [0.3, 0.4) is 0 Å². The maximum absolute atomic E-state index is 11.7. The van der Waals surface area contributed by atoms with E-state index in [0.29, 0.717) is 32.9 Å². The standard InChI is InChI=1S/C13H23NO5/c1-2-18-9-10-19-11-5-7-14(8-6-11)12(15)3-4-13(16)17/h11H,2-10H2,1H3,(H,16,17). The second-order valence-corrected chi connectivity index (χ2v) is 4.54. The van der Waals surface area contributed by atoms with Crippen LogP contribution in [0.4, 0.5) is 0 Å². The smallest absolute Gasteiger partial charge is 0.303 e. The van der Waals surface area contributed by atoms with Crippen LogP contribution in [0.25, 0.3) is 0 Å². The van der Waals surface area contributed by atoms with Crippen LogP contribution < -0.4 is 0 Å². The number of likely N-dealkylation sites (tertiary alicyclic amines) is 1. The van der Waals surface area contributed by atoms with Crippen molar-refractivity contribution in [2.45, 2.75) is 38.7 Å². The Morgan fingerprint density at radius 2 is 1.89 bits per heavy atom. The fourth-order valence-corrected chi connectivity index (χ4v) is 2.06. The molecule has 0 aliphatic carbocycles. The molecule has 0 spiro atoms. The van der Waals surface area contributed by atoms with Crippen LogP contribution in [0.1, 0.15) is 32.6 Å². The van der Waals surface area contributed by atoms with E-state index in [1.165, 1.54) is 0 Å². The third kappa shape index (κ3) is 6.54. The van der Waals surface area contributed by atoms with Gasteiger partial charge in [-0.3, -0.25) is 9.59 Å². The van der Waals surface area contributed by atoms with Crippen molar-refractivity contribution >= 4 is 11.9 Å². The summed E-state index contributed by atoms with van der Waals surface area (Å²) in [5, 5.41) is 8.54. The molecule has 0 aromatic rings. The lowest BCUT2D eigenvalue weighted by molar-refractivity contribution is -0.141. The van der Waals surface area contributed by atoms with E-state index in [1.54, 1.807) is 4.90 Å². The lowest BCUT2D eigenvalue weighted by Crippen LogP contribution is -2.41. The van der Waals surface area contributed by atoms with Crippen molar-refractivity contribution in [3.8, 4) is 0 Å². The summed E-state index contributed by atoms with van der Waals surface area (Å²) in [6, 6.07) is 0. The van der Waals surface area contributed by atoms with Crippen molar-refractivity contribution in [2.75, 3.05) is 32.9 Å². The minimum atomic E-state index is -0.928. The number of carbonyl (C=O) groups excluding carboxylic acids is 1. The zero-order valence-electron chi connectivity index (χ0n) is 11.5. The molecular formula is C13H23NO5. The van der Waals surface area contributed by atoms with E-state index in [9.17, 15) is 9.59 Å². The molecule has 1 amide bonds. The van der Waals surface area contributed by atoms with Gasteiger partial charge in [0.2, 0.25) is 5.91 Å². The van der Waals surface area contributed by atoms with Gasteiger partial charge in [-0.1, -0.05) is 0 Å². The van der Waals surface area contributed by atoms with Gasteiger partial charge in [0, 0.05) is 26.1 Å². The largest absolute Gasteiger partial charge is 0.481 e. The molecule has 0 saturated carbocycles. The number of hydrogen-bond acceptors (Lipinski definition) is 4. The lowest BCUT2D eigenvalue weighted by Gasteiger charge is -2.32. The van der Waals surface area contributed by atoms with Gasteiger partial charge in [-0.2, -0.15) is 0 Å². The van der Waals surface area contributed by atoms with Crippen LogP contribution >= 0.6 is 0 Å². The number of carboxylic acid groups (broad SMARTS) is 1. The molecule has 1 aliphatic heterocycles. The highest BCUT2D eigenvalue weighted by atomic mass is 16.5. The number of amides is 1. The van der Waals surface area contributed by atoms with Gasteiger partial charge in [0.25, 0.3) is 0 Å². The number of rotatable bonds is 8. The Balaban J connectivity index is 2.14. The Kier molecular flexibility index (Phi) is 7.43. The maximum atomic E-state index is 11.7. The molecule has 0 aromatic heterocycles. The first-order valence-electron chi connectivity index (χ1n) is 6.82. The number of carboxylic acids is 1. The number of carbonyl (C=O) groups is 2. The van der Waals surface area contributed by atoms with E-state index in [1.807, 2.05) is 6.92 Å². The Bertz CT molecular complexity index is 287. The highest BCUT2D eigenvalue weighted by molar-refractivity contribution is 5.80. The molecule has 1 aliphatic rings. The molecule has 1 rings (SSSR count). The highest BCUT2D eigenvalue weighted by Crippen LogP contribution is 2.14. The van der Waals surface area contributed by atoms with Crippen LogP contribution in [0.5, 0.6) is 0 Å². The van der Waals surface area contributed by atoms with Crippen LogP contribution in [-0.4, -0.2) is 60.9 Å². The van der Waals surface area contributed by atoms with Gasteiger partial charge in [0.05, 0.1) is 25.7 Å².